The highest BCUT2D eigenvalue weighted by atomic mass is 35.5. The predicted molar refractivity (Wildman–Crippen MR) is 124 cm³/mol. The monoisotopic (exact) mass is 472 g/mol. The Morgan fingerprint density at radius 2 is 1.72 bits per heavy atom. The van der Waals surface area contributed by atoms with Gasteiger partial charge in [-0.15, -0.1) is 0 Å². The summed E-state index contributed by atoms with van der Waals surface area (Å²) in [7, 11) is 0. The molecule has 0 saturated carbocycles. The lowest BCUT2D eigenvalue weighted by molar-refractivity contribution is -0.141. The summed E-state index contributed by atoms with van der Waals surface area (Å²) in [5.41, 5.74) is 1.48. The molecule has 0 N–H and O–H groups in total. The van der Waals surface area contributed by atoms with Crippen molar-refractivity contribution in [3.63, 3.8) is 0 Å². The molecule has 0 spiro atoms. The third-order valence-electron chi connectivity index (χ3n) is 4.50. The average Bonchev–Trinajstić information content (AvgIpc) is 2.79. The van der Waals surface area contributed by atoms with E-state index in [-0.39, 0.29) is 10.8 Å². The number of rotatable bonds is 9. The molecule has 0 saturated heterocycles. The lowest BCUT2D eigenvalue weighted by Gasteiger charge is -2.15. The van der Waals surface area contributed by atoms with Gasteiger partial charge < -0.3 is 14.2 Å². The Labute approximate surface area is 196 Å². The van der Waals surface area contributed by atoms with Crippen LogP contribution in [0.1, 0.15) is 29.3 Å². The van der Waals surface area contributed by atoms with Gasteiger partial charge in [-0.1, -0.05) is 59.6 Å². The SMILES string of the molecule is CC(Oc1ccc(Cl)cc1Cl)C(=O)Oc1cccc(C(=O)OCCCc2ccccc2)c1. The second-order valence-electron chi connectivity index (χ2n) is 7.01. The number of benzene rings is 3. The standard InChI is InChI=1S/C25H22Cl2O5/c1-17(31-23-13-12-20(26)16-22(23)27)24(28)32-21-11-5-10-19(15-21)25(29)30-14-6-9-18-7-3-2-4-8-18/h2-5,7-8,10-13,15-17H,6,9,14H2,1H3. The van der Waals surface area contributed by atoms with Crippen molar-refractivity contribution in [2.45, 2.75) is 25.9 Å². The Bertz CT molecular complexity index is 1070. The summed E-state index contributed by atoms with van der Waals surface area (Å²) >= 11 is 11.9. The minimum Gasteiger partial charge on any atom is -0.477 e. The quantitative estimate of drug-likeness (QED) is 0.212. The van der Waals surface area contributed by atoms with Gasteiger partial charge in [-0.3, -0.25) is 0 Å². The fourth-order valence-electron chi connectivity index (χ4n) is 2.86. The van der Waals surface area contributed by atoms with E-state index in [0.29, 0.717) is 29.4 Å². The first-order valence-electron chi connectivity index (χ1n) is 10.1. The minimum absolute atomic E-state index is 0.214. The van der Waals surface area contributed by atoms with Gasteiger partial charge in [0.2, 0.25) is 0 Å². The van der Waals surface area contributed by atoms with Crippen LogP contribution in [-0.2, 0) is 16.0 Å². The molecule has 0 aliphatic heterocycles. The molecule has 0 aliphatic rings. The molecular weight excluding hydrogens is 451 g/mol. The molecule has 0 bridgehead atoms. The zero-order valence-electron chi connectivity index (χ0n) is 17.4. The first-order valence-corrected chi connectivity index (χ1v) is 10.8. The van der Waals surface area contributed by atoms with Crippen LogP contribution in [0.2, 0.25) is 10.0 Å². The number of carbonyl (C=O) groups is 2. The number of hydrogen-bond donors (Lipinski definition) is 0. The van der Waals surface area contributed by atoms with E-state index in [9.17, 15) is 9.59 Å². The van der Waals surface area contributed by atoms with E-state index in [1.165, 1.54) is 24.6 Å². The van der Waals surface area contributed by atoms with Gasteiger partial charge in [0.1, 0.15) is 11.5 Å². The van der Waals surface area contributed by atoms with Crippen LogP contribution in [0, 0.1) is 0 Å². The minimum atomic E-state index is -0.928. The van der Waals surface area contributed by atoms with E-state index in [2.05, 4.69) is 0 Å². The predicted octanol–water partition coefficient (Wildman–Crippen LogP) is 6.16. The molecule has 1 atom stereocenters. The summed E-state index contributed by atoms with van der Waals surface area (Å²) in [6.45, 7) is 1.84. The molecule has 0 fully saturated rings. The first kappa shape index (κ1) is 23.6. The maximum atomic E-state index is 12.4. The molecule has 0 heterocycles. The fourth-order valence-corrected chi connectivity index (χ4v) is 3.32. The van der Waals surface area contributed by atoms with Gasteiger partial charge in [0.15, 0.2) is 6.10 Å². The van der Waals surface area contributed by atoms with E-state index in [1.54, 1.807) is 30.3 Å². The Hall–Kier alpha value is -3.02. The van der Waals surface area contributed by atoms with E-state index in [0.717, 1.165) is 6.42 Å². The van der Waals surface area contributed by atoms with Crippen molar-refractivity contribution < 1.29 is 23.8 Å². The molecule has 1 unspecified atom stereocenters. The van der Waals surface area contributed by atoms with Crippen LogP contribution >= 0.6 is 23.2 Å². The smallest absolute Gasteiger partial charge is 0.352 e. The summed E-state index contributed by atoms with van der Waals surface area (Å²) in [4.78, 5) is 24.7. The van der Waals surface area contributed by atoms with Gasteiger partial charge in [-0.25, -0.2) is 9.59 Å². The normalized spacial score (nSPS) is 11.5. The number of aryl methyl sites for hydroxylation is 1. The van der Waals surface area contributed by atoms with Gasteiger partial charge in [-0.2, -0.15) is 0 Å². The zero-order valence-corrected chi connectivity index (χ0v) is 18.9. The van der Waals surface area contributed by atoms with Crippen LogP contribution in [-0.4, -0.2) is 24.6 Å². The highest BCUT2D eigenvalue weighted by Gasteiger charge is 2.19. The van der Waals surface area contributed by atoms with Crippen LogP contribution in [0.5, 0.6) is 11.5 Å². The maximum absolute atomic E-state index is 12.4. The first-order chi connectivity index (χ1) is 15.4. The molecular formula is C25H22Cl2O5. The van der Waals surface area contributed by atoms with Gasteiger partial charge in [-0.05, 0) is 61.7 Å². The van der Waals surface area contributed by atoms with Gasteiger partial charge >= 0.3 is 11.9 Å². The molecule has 0 amide bonds. The van der Waals surface area contributed by atoms with Crippen molar-refractivity contribution in [2.75, 3.05) is 6.61 Å². The molecule has 3 rings (SSSR count). The van der Waals surface area contributed by atoms with E-state index in [1.807, 2.05) is 30.3 Å². The van der Waals surface area contributed by atoms with Gasteiger partial charge in [0.25, 0.3) is 0 Å². The molecule has 3 aromatic rings. The third-order valence-corrected chi connectivity index (χ3v) is 5.03. The van der Waals surface area contributed by atoms with Crippen LogP contribution in [0.4, 0.5) is 0 Å². The second kappa shape index (κ2) is 11.6. The molecule has 32 heavy (non-hydrogen) atoms. The van der Waals surface area contributed by atoms with Gasteiger partial charge in [0.05, 0.1) is 17.2 Å². The molecule has 0 aromatic heterocycles. The number of hydrogen-bond acceptors (Lipinski definition) is 5. The van der Waals surface area contributed by atoms with Crippen molar-refractivity contribution >= 4 is 35.1 Å². The molecule has 166 valence electrons. The summed E-state index contributed by atoms with van der Waals surface area (Å²) < 4.78 is 16.2. The van der Waals surface area contributed by atoms with Crippen LogP contribution in [0.25, 0.3) is 0 Å². The lowest BCUT2D eigenvalue weighted by atomic mass is 10.1. The Balaban J connectivity index is 1.50. The van der Waals surface area contributed by atoms with Crippen LogP contribution < -0.4 is 9.47 Å². The zero-order chi connectivity index (χ0) is 22.9. The number of esters is 2. The largest absolute Gasteiger partial charge is 0.477 e. The van der Waals surface area contributed by atoms with Crippen LogP contribution in [0.15, 0.2) is 72.8 Å². The molecule has 7 heteroatoms. The number of ether oxygens (including phenoxy) is 3. The summed E-state index contributed by atoms with van der Waals surface area (Å²) in [6, 6.07) is 20.9. The third kappa shape index (κ3) is 7.01. The summed E-state index contributed by atoms with van der Waals surface area (Å²) in [5.74, 6) is -0.586. The number of carbonyl (C=O) groups excluding carboxylic acids is 2. The molecule has 5 nitrogen and oxygen atoms in total. The molecule has 0 aliphatic carbocycles. The van der Waals surface area contributed by atoms with E-state index >= 15 is 0 Å². The number of halogens is 2. The van der Waals surface area contributed by atoms with Crippen molar-refractivity contribution in [2.24, 2.45) is 0 Å². The fraction of sp³-hybridized carbons (Fsp3) is 0.200. The Kier molecular flexibility index (Phi) is 8.54. The molecule has 0 radical (unpaired) electrons. The van der Waals surface area contributed by atoms with Gasteiger partial charge in [0, 0.05) is 5.02 Å². The van der Waals surface area contributed by atoms with Crippen molar-refractivity contribution in [1.82, 2.24) is 0 Å². The summed E-state index contributed by atoms with van der Waals surface area (Å²) in [6.07, 6.45) is 0.607. The Morgan fingerprint density at radius 1 is 0.938 bits per heavy atom. The maximum Gasteiger partial charge on any atom is 0.352 e. The van der Waals surface area contributed by atoms with Crippen molar-refractivity contribution in [3.05, 3.63) is 94.0 Å². The van der Waals surface area contributed by atoms with Crippen molar-refractivity contribution in [3.8, 4) is 11.5 Å². The highest BCUT2D eigenvalue weighted by molar-refractivity contribution is 6.35. The van der Waals surface area contributed by atoms with Crippen LogP contribution in [0.3, 0.4) is 0 Å². The summed E-state index contributed by atoms with van der Waals surface area (Å²) in [5, 5.41) is 0.746. The second-order valence-corrected chi connectivity index (χ2v) is 7.85. The molecule has 3 aromatic carbocycles. The van der Waals surface area contributed by atoms with E-state index < -0.39 is 18.0 Å². The average molecular weight is 473 g/mol. The Morgan fingerprint density at radius 3 is 2.47 bits per heavy atom. The lowest BCUT2D eigenvalue weighted by Crippen LogP contribution is -2.28. The van der Waals surface area contributed by atoms with E-state index in [4.69, 9.17) is 37.4 Å². The highest BCUT2D eigenvalue weighted by Crippen LogP contribution is 2.28. The van der Waals surface area contributed by atoms with Crippen molar-refractivity contribution in [1.29, 1.82) is 0 Å². The topological polar surface area (TPSA) is 61.8 Å².